The summed E-state index contributed by atoms with van der Waals surface area (Å²) in [6, 6.07) is 12.0. The summed E-state index contributed by atoms with van der Waals surface area (Å²) in [4.78, 5) is 9.45. The number of fused-ring (bicyclic) bond motifs is 1. The van der Waals surface area contributed by atoms with Crippen LogP contribution in [0.1, 0.15) is 30.3 Å². The molecule has 0 bridgehead atoms. The molecule has 0 spiro atoms. The van der Waals surface area contributed by atoms with Gasteiger partial charge < -0.3 is 10.5 Å². The third-order valence-corrected chi connectivity index (χ3v) is 4.60. The fourth-order valence-electron chi connectivity index (χ4n) is 3.34. The van der Waals surface area contributed by atoms with Gasteiger partial charge in [0, 0.05) is 11.5 Å². The van der Waals surface area contributed by atoms with E-state index in [4.69, 9.17) is 4.98 Å². The van der Waals surface area contributed by atoms with Crippen molar-refractivity contribution >= 4 is 0 Å². The maximum absolute atomic E-state index is 10.3. The van der Waals surface area contributed by atoms with Crippen LogP contribution in [0.25, 0.3) is 22.6 Å². The van der Waals surface area contributed by atoms with Crippen LogP contribution in [-0.2, 0) is 0 Å². The van der Waals surface area contributed by atoms with Crippen LogP contribution in [0.5, 0.6) is 0 Å². The molecule has 3 aliphatic rings. The summed E-state index contributed by atoms with van der Waals surface area (Å²) in [7, 11) is 0. The Morgan fingerprint density at radius 3 is 2.61 bits per heavy atom. The number of nitrogens with one attached hydrogen (secondary N) is 1. The van der Waals surface area contributed by atoms with Crippen molar-refractivity contribution in [2.75, 3.05) is 13.1 Å². The van der Waals surface area contributed by atoms with Crippen LogP contribution in [0, 0.1) is 6.92 Å². The molecule has 3 heterocycles. The zero-order valence-electron chi connectivity index (χ0n) is 13.2. The van der Waals surface area contributed by atoms with Crippen molar-refractivity contribution in [3.8, 4) is 22.6 Å². The lowest BCUT2D eigenvalue weighted by Crippen LogP contribution is -2.28. The van der Waals surface area contributed by atoms with Gasteiger partial charge in [0.05, 0.1) is 11.4 Å². The van der Waals surface area contributed by atoms with Gasteiger partial charge in [-0.05, 0) is 38.9 Å². The molecule has 0 radical (unpaired) electrons. The Balaban J connectivity index is 1.87. The van der Waals surface area contributed by atoms with Crippen LogP contribution in [0.3, 0.4) is 0 Å². The minimum atomic E-state index is 0.400. The summed E-state index contributed by atoms with van der Waals surface area (Å²) >= 11 is 0. The van der Waals surface area contributed by atoms with Crippen molar-refractivity contribution in [3.05, 3.63) is 47.9 Å². The predicted octanol–water partition coefficient (Wildman–Crippen LogP) is 3.06. The highest BCUT2D eigenvalue weighted by atomic mass is 16.5. The van der Waals surface area contributed by atoms with Crippen LogP contribution in [0.15, 0.2) is 36.4 Å². The first-order valence-electron chi connectivity index (χ1n) is 8.09. The predicted molar refractivity (Wildman–Crippen MR) is 88.8 cm³/mol. The number of rotatable bonds is 2. The monoisotopic (exact) mass is 308 g/mol. The first-order valence-corrected chi connectivity index (χ1v) is 8.09. The Bertz CT molecular complexity index is 790. The first-order chi connectivity index (χ1) is 11.2. The van der Waals surface area contributed by atoms with E-state index in [1.54, 1.807) is 0 Å². The normalized spacial score (nSPS) is 16.0. The minimum absolute atomic E-state index is 0.400. The van der Waals surface area contributed by atoms with E-state index in [1.807, 2.05) is 43.3 Å². The topological polar surface area (TPSA) is 63.0 Å². The highest BCUT2D eigenvalue weighted by Crippen LogP contribution is 2.36. The summed E-state index contributed by atoms with van der Waals surface area (Å²) < 4.78 is 1.15. The Morgan fingerprint density at radius 1 is 1.13 bits per heavy atom. The number of piperidine rings is 1. The van der Waals surface area contributed by atoms with Gasteiger partial charge >= 0.3 is 0 Å². The van der Waals surface area contributed by atoms with E-state index in [0.717, 1.165) is 59.0 Å². The molecule has 1 saturated heterocycles. The Hall–Kier alpha value is -2.40. The average molecular weight is 308 g/mol. The molecule has 5 heteroatoms. The summed E-state index contributed by atoms with van der Waals surface area (Å²) in [5.41, 5.74) is 4.52. The van der Waals surface area contributed by atoms with Gasteiger partial charge in [-0.15, -0.1) is 0 Å². The Morgan fingerprint density at radius 2 is 1.87 bits per heavy atom. The number of hydrogen-bond acceptors (Lipinski definition) is 4. The Labute approximate surface area is 135 Å². The lowest BCUT2D eigenvalue weighted by molar-refractivity contribution is 0.177. The van der Waals surface area contributed by atoms with Gasteiger partial charge in [0.15, 0.2) is 0 Å². The van der Waals surface area contributed by atoms with Crippen LogP contribution in [0.2, 0.25) is 0 Å². The van der Waals surface area contributed by atoms with E-state index in [-0.39, 0.29) is 0 Å². The van der Waals surface area contributed by atoms with E-state index >= 15 is 0 Å². The fourth-order valence-corrected chi connectivity index (χ4v) is 3.34. The molecule has 0 unspecified atom stereocenters. The summed E-state index contributed by atoms with van der Waals surface area (Å²) in [6.07, 6.45) is 2.12. The zero-order valence-corrected chi connectivity index (χ0v) is 13.2. The molecule has 2 N–H and O–H groups in total. The highest BCUT2D eigenvalue weighted by Gasteiger charge is 2.27. The zero-order chi connectivity index (χ0) is 15.8. The lowest BCUT2D eigenvalue weighted by atomic mass is 9.92. The van der Waals surface area contributed by atoms with Crippen LogP contribution >= 0.6 is 0 Å². The summed E-state index contributed by atoms with van der Waals surface area (Å²) in [6.45, 7) is 3.85. The van der Waals surface area contributed by atoms with Gasteiger partial charge in [-0.2, -0.15) is 4.73 Å². The van der Waals surface area contributed by atoms with Gasteiger partial charge in [0.25, 0.3) is 0 Å². The van der Waals surface area contributed by atoms with Gasteiger partial charge in [-0.3, -0.25) is 0 Å². The van der Waals surface area contributed by atoms with Crippen molar-refractivity contribution in [3.63, 3.8) is 0 Å². The van der Waals surface area contributed by atoms with Crippen molar-refractivity contribution in [1.82, 2.24) is 20.0 Å². The van der Waals surface area contributed by atoms with E-state index < -0.39 is 0 Å². The molecule has 1 aromatic carbocycles. The quantitative estimate of drug-likeness (QED) is 0.714. The molecule has 0 saturated carbocycles. The molecule has 1 fully saturated rings. The molecule has 5 nitrogen and oxygen atoms in total. The van der Waals surface area contributed by atoms with E-state index in [9.17, 15) is 5.21 Å². The van der Waals surface area contributed by atoms with Crippen LogP contribution in [0.4, 0.5) is 0 Å². The molecule has 1 aromatic rings. The third-order valence-electron chi connectivity index (χ3n) is 4.60. The van der Waals surface area contributed by atoms with E-state index in [2.05, 4.69) is 10.3 Å². The molecule has 118 valence electrons. The van der Waals surface area contributed by atoms with Gasteiger partial charge in [-0.25, -0.2) is 9.97 Å². The SMILES string of the molecule is Cc1nc(C2CCNCC2)c2nc(-c3ccccc3)cc-2n1O. The fraction of sp³-hybridized carbons (Fsp3) is 0.333. The maximum atomic E-state index is 10.3. The molecule has 0 atom stereocenters. The first kappa shape index (κ1) is 14.2. The average Bonchev–Trinajstić information content (AvgIpc) is 3.05. The lowest BCUT2D eigenvalue weighted by Gasteiger charge is -2.24. The number of hydrogen-bond donors (Lipinski definition) is 2. The molecule has 0 amide bonds. The van der Waals surface area contributed by atoms with Gasteiger partial charge in [-0.1, -0.05) is 30.3 Å². The second-order valence-corrected chi connectivity index (χ2v) is 6.12. The third kappa shape index (κ3) is 2.47. The highest BCUT2D eigenvalue weighted by molar-refractivity contribution is 5.72. The second kappa shape index (κ2) is 5.66. The van der Waals surface area contributed by atoms with Gasteiger partial charge in [0.2, 0.25) is 0 Å². The molecule has 0 aromatic heterocycles. The smallest absolute Gasteiger partial charge is 0.142 e. The minimum Gasteiger partial charge on any atom is -0.427 e. The van der Waals surface area contributed by atoms with Crippen LogP contribution < -0.4 is 5.32 Å². The van der Waals surface area contributed by atoms with Crippen LogP contribution in [-0.4, -0.2) is 33.0 Å². The number of aromatic nitrogens is 3. The number of aryl methyl sites for hydroxylation is 1. The maximum Gasteiger partial charge on any atom is 0.142 e. The molecule has 4 rings (SSSR count). The van der Waals surface area contributed by atoms with E-state index in [0.29, 0.717) is 11.7 Å². The van der Waals surface area contributed by atoms with Gasteiger partial charge in [0.1, 0.15) is 17.2 Å². The molecular weight excluding hydrogens is 288 g/mol. The number of nitrogens with zero attached hydrogens (tertiary/aromatic N) is 3. The number of benzene rings is 1. The molecular formula is C18H20N4O. The van der Waals surface area contributed by atoms with E-state index in [1.165, 1.54) is 0 Å². The largest absolute Gasteiger partial charge is 0.427 e. The summed E-state index contributed by atoms with van der Waals surface area (Å²) in [5, 5.41) is 13.7. The molecule has 23 heavy (non-hydrogen) atoms. The molecule has 0 aliphatic carbocycles. The standard InChI is InChI=1S/C18H20N4O/c1-12-20-17(14-7-9-19-10-8-14)18-16(22(12)23)11-15(21-18)13-5-3-2-4-6-13/h2-6,11,14,19,23H,7-10H2,1H3. The summed E-state index contributed by atoms with van der Waals surface area (Å²) in [5.74, 6) is 1.01. The molecule has 3 aliphatic heterocycles. The van der Waals surface area contributed by atoms with Crippen molar-refractivity contribution in [2.45, 2.75) is 25.7 Å². The van der Waals surface area contributed by atoms with Crippen molar-refractivity contribution in [2.24, 2.45) is 0 Å². The second-order valence-electron chi connectivity index (χ2n) is 6.12. The van der Waals surface area contributed by atoms with Crippen molar-refractivity contribution in [1.29, 1.82) is 0 Å². The van der Waals surface area contributed by atoms with Crippen molar-refractivity contribution < 1.29 is 5.21 Å². The Kier molecular flexibility index (Phi) is 3.50.